The summed E-state index contributed by atoms with van der Waals surface area (Å²) in [5, 5.41) is 0. The zero-order valence-corrected chi connectivity index (χ0v) is 9.39. The minimum absolute atomic E-state index is 0.713. The van der Waals surface area contributed by atoms with Crippen molar-refractivity contribution in [3.8, 4) is 0 Å². The summed E-state index contributed by atoms with van der Waals surface area (Å²) in [5.41, 5.74) is 6.93. The van der Waals surface area contributed by atoms with Gasteiger partial charge >= 0.3 is 0 Å². The fraction of sp³-hybridized carbons (Fsp3) is 0.385. The number of benzene rings is 1. The van der Waals surface area contributed by atoms with Crippen molar-refractivity contribution in [2.24, 2.45) is 5.73 Å². The predicted octanol–water partition coefficient (Wildman–Crippen LogP) is 2.02. The third-order valence-corrected chi connectivity index (χ3v) is 2.29. The van der Waals surface area contributed by atoms with Gasteiger partial charge in [-0.05, 0) is 12.5 Å². The fourth-order valence-corrected chi connectivity index (χ4v) is 1.51. The lowest BCUT2D eigenvalue weighted by Gasteiger charge is -2.19. The molecular formula is C13H20N2. The molecule has 0 fully saturated rings. The van der Waals surface area contributed by atoms with E-state index in [0.717, 1.165) is 19.6 Å². The summed E-state index contributed by atoms with van der Waals surface area (Å²) in [6.07, 6.45) is 4.24. The van der Waals surface area contributed by atoms with E-state index in [1.807, 2.05) is 13.0 Å². The van der Waals surface area contributed by atoms with E-state index in [-0.39, 0.29) is 0 Å². The third kappa shape index (κ3) is 4.77. The summed E-state index contributed by atoms with van der Waals surface area (Å²) in [7, 11) is 0. The van der Waals surface area contributed by atoms with Crippen molar-refractivity contribution in [3.05, 3.63) is 48.0 Å². The first-order valence-corrected chi connectivity index (χ1v) is 5.44. The summed E-state index contributed by atoms with van der Waals surface area (Å²) in [5.74, 6) is 0. The van der Waals surface area contributed by atoms with E-state index in [1.54, 1.807) is 0 Å². The van der Waals surface area contributed by atoms with Crippen molar-refractivity contribution in [2.45, 2.75) is 13.5 Å². The molecule has 0 spiro atoms. The Morgan fingerprint density at radius 3 is 2.60 bits per heavy atom. The van der Waals surface area contributed by atoms with Crippen LogP contribution in [0.1, 0.15) is 12.5 Å². The maximum atomic E-state index is 5.59. The van der Waals surface area contributed by atoms with Crippen LogP contribution in [0.2, 0.25) is 0 Å². The SMILES string of the molecule is C/C=C/CN(CCN)Cc1ccccc1. The molecule has 82 valence electrons. The quantitative estimate of drug-likeness (QED) is 0.718. The molecule has 0 saturated carbocycles. The Kier molecular flexibility index (Phi) is 5.74. The van der Waals surface area contributed by atoms with Crippen LogP contribution >= 0.6 is 0 Å². The van der Waals surface area contributed by atoms with Crippen LogP contribution in [0.3, 0.4) is 0 Å². The molecule has 15 heavy (non-hydrogen) atoms. The molecule has 0 radical (unpaired) electrons. The minimum atomic E-state index is 0.713. The highest BCUT2D eigenvalue weighted by molar-refractivity contribution is 5.14. The van der Waals surface area contributed by atoms with Gasteiger partial charge in [0.15, 0.2) is 0 Å². The number of hydrogen-bond acceptors (Lipinski definition) is 2. The molecule has 1 rings (SSSR count). The Labute approximate surface area is 92.4 Å². The van der Waals surface area contributed by atoms with E-state index < -0.39 is 0 Å². The molecule has 0 aliphatic rings. The molecule has 1 aromatic rings. The summed E-state index contributed by atoms with van der Waals surface area (Å²) in [6.45, 7) is 5.65. The molecule has 0 bridgehead atoms. The molecule has 1 aromatic carbocycles. The molecule has 0 aliphatic heterocycles. The zero-order chi connectivity index (χ0) is 10.9. The van der Waals surface area contributed by atoms with Crippen LogP contribution in [0.5, 0.6) is 0 Å². The van der Waals surface area contributed by atoms with E-state index in [0.29, 0.717) is 6.54 Å². The van der Waals surface area contributed by atoms with Gasteiger partial charge in [0.2, 0.25) is 0 Å². The van der Waals surface area contributed by atoms with Gasteiger partial charge in [-0.1, -0.05) is 42.5 Å². The van der Waals surface area contributed by atoms with Crippen LogP contribution in [0.15, 0.2) is 42.5 Å². The normalized spacial score (nSPS) is 11.4. The highest BCUT2D eigenvalue weighted by Crippen LogP contribution is 2.03. The zero-order valence-electron chi connectivity index (χ0n) is 9.39. The molecule has 0 aromatic heterocycles. The van der Waals surface area contributed by atoms with Gasteiger partial charge in [-0.3, -0.25) is 4.90 Å². The van der Waals surface area contributed by atoms with Crippen molar-refractivity contribution in [2.75, 3.05) is 19.6 Å². The maximum Gasteiger partial charge on any atom is 0.0237 e. The topological polar surface area (TPSA) is 29.3 Å². The van der Waals surface area contributed by atoms with Gasteiger partial charge in [-0.15, -0.1) is 0 Å². The molecule has 2 heteroatoms. The standard InChI is InChI=1S/C13H20N2/c1-2-3-10-15(11-9-14)12-13-7-5-4-6-8-13/h2-8H,9-12,14H2,1H3/b3-2+. The van der Waals surface area contributed by atoms with Crippen molar-refractivity contribution < 1.29 is 0 Å². The molecule has 0 unspecified atom stereocenters. The van der Waals surface area contributed by atoms with Crippen LogP contribution < -0.4 is 5.73 Å². The van der Waals surface area contributed by atoms with Crippen molar-refractivity contribution in [1.82, 2.24) is 4.90 Å². The van der Waals surface area contributed by atoms with Crippen LogP contribution in [-0.4, -0.2) is 24.5 Å². The van der Waals surface area contributed by atoms with Crippen LogP contribution in [-0.2, 0) is 6.54 Å². The summed E-state index contributed by atoms with van der Waals surface area (Å²) in [4.78, 5) is 2.34. The van der Waals surface area contributed by atoms with E-state index in [4.69, 9.17) is 5.73 Å². The van der Waals surface area contributed by atoms with Gasteiger partial charge in [0, 0.05) is 26.2 Å². The van der Waals surface area contributed by atoms with Crippen LogP contribution in [0.4, 0.5) is 0 Å². The second-order valence-corrected chi connectivity index (χ2v) is 3.58. The molecule has 2 N–H and O–H groups in total. The van der Waals surface area contributed by atoms with E-state index in [2.05, 4.69) is 41.3 Å². The van der Waals surface area contributed by atoms with Crippen molar-refractivity contribution in [3.63, 3.8) is 0 Å². The van der Waals surface area contributed by atoms with E-state index in [9.17, 15) is 0 Å². The second kappa shape index (κ2) is 7.21. The number of nitrogens with two attached hydrogens (primary N) is 1. The van der Waals surface area contributed by atoms with Gasteiger partial charge in [0.05, 0.1) is 0 Å². The number of hydrogen-bond donors (Lipinski definition) is 1. The van der Waals surface area contributed by atoms with Gasteiger partial charge in [0.1, 0.15) is 0 Å². The highest BCUT2D eigenvalue weighted by Gasteiger charge is 2.02. The third-order valence-electron chi connectivity index (χ3n) is 2.29. The van der Waals surface area contributed by atoms with Crippen molar-refractivity contribution >= 4 is 0 Å². The largest absolute Gasteiger partial charge is 0.329 e. The smallest absolute Gasteiger partial charge is 0.0237 e. The lowest BCUT2D eigenvalue weighted by Crippen LogP contribution is -2.29. The summed E-state index contributed by atoms with van der Waals surface area (Å²) < 4.78 is 0. The van der Waals surface area contributed by atoms with Crippen LogP contribution in [0, 0.1) is 0 Å². The Morgan fingerprint density at radius 2 is 2.00 bits per heavy atom. The summed E-state index contributed by atoms with van der Waals surface area (Å²) >= 11 is 0. The first-order chi connectivity index (χ1) is 7.36. The first kappa shape index (κ1) is 12.0. The molecule has 0 amide bonds. The summed E-state index contributed by atoms with van der Waals surface area (Å²) in [6, 6.07) is 10.5. The number of rotatable bonds is 6. The molecule has 0 saturated heterocycles. The number of allylic oxidation sites excluding steroid dienone is 1. The van der Waals surface area contributed by atoms with Crippen molar-refractivity contribution in [1.29, 1.82) is 0 Å². The highest BCUT2D eigenvalue weighted by atomic mass is 15.1. The molecule has 2 nitrogen and oxygen atoms in total. The van der Waals surface area contributed by atoms with Gasteiger partial charge < -0.3 is 5.73 Å². The van der Waals surface area contributed by atoms with Gasteiger partial charge in [0.25, 0.3) is 0 Å². The molecule has 0 aliphatic carbocycles. The lowest BCUT2D eigenvalue weighted by atomic mass is 10.2. The monoisotopic (exact) mass is 204 g/mol. The molecular weight excluding hydrogens is 184 g/mol. The fourth-order valence-electron chi connectivity index (χ4n) is 1.51. The Hall–Kier alpha value is -1.12. The number of nitrogens with zero attached hydrogens (tertiary/aromatic N) is 1. The maximum absolute atomic E-state index is 5.59. The molecule has 0 heterocycles. The van der Waals surface area contributed by atoms with Crippen LogP contribution in [0.25, 0.3) is 0 Å². The first-order valence-electron chi connectivity index (χ1n) is 5.44. The predicted molar refractivity (Wildman–Crippen MR) is 65.6 cm³/mol. The minimum Gasteiger partial charge on any atom is -0.329 e. The van der Waals surface area contributed by atoms with E-state index in [1.165, 1.54) is 5.56 Å². The average Bonchev–Trinajstić information content (AvgIpc) is 2.28. The lowest BCUT2D eigenvalue weighted by molar-refractivity contribution is 0.303. The Bertz CT molecular complexity index is 280. The Balaban J connectivity index is 2.50. The molecule has 0 atom stereocenters. The Morgan fingerprint density at radius 1 is 1.27 bits per heavy atom. The average molecular weight is 204 g/mol. The van der Waals surface area contributed by atoms with Gasteiger partial charge in [-0.25, -0.2) is 0 Å². The second-order valence-electron chi connectivity index (χ2n) is 3.58. The van der Waals surface area contributed by atoms with E-state index >= 15 is 0 Å². The van der Waals surface area contributed by atoms with Gasteiger partial charge in [-0.2, -0.15) is 0 Å².